The minimum Gasteiger partial charge on any atom is -0.357 e. The van der Waals surface area contributed by atoms with Crippen LogP contribution in [0.5, 0.6) is 0 Å². The van der Waals surface area contributed by atoms with Crippen LogP contribution in [0.3, 0.4) is 0 Å². The molecule has 24 heavy (non-hydrogen) atoms. The molecule has 0 atom stereocenters. The van der Waals surface area contributed by atoms with E-state index < -0.39 is 0 Å². The Bertz CT molecular complexity index is 484. The van der Waals surface area contributed by atoms with Gasteiger partial charge >= 0.3 is 0 Å². The summed E-state index contributed by atoms with van der Waals surface area (Å²) in [5.41, 5.74) is 1.29. The highest BCUT2D eigenvalue weighted by Gasteiger charge is 2.16. The summed E-state index contributed by atoms with van der Waals surface area (Å²) >= 11 is 5.91. The molecule has 1 aromatic carbocycles. The lowest BCUT2D eigenvalue weighted by Gasteiger charge is -2.28. The summed E-state index contributed by atoms with van der Waals surface area (Å²) in [6, 6.07) is 8.03. The van der Waals surface area contributed by atoms with Crippen LogP contribution >= 0.6 is 35.6 Å². The lowest BCUT2D eigenvalue weighted by Crippen LogP contribution is -2.39. The van der Waals surface area contributed by atoms with Gasteiger partial charge in [0.15, 0.2) is 5.96 Å². The van der Waals surface area contributed by atoms with Crippen molar-refractivity contribution in [3.05, 3.63) is 34.9 Å². The second kappa shape index (κ2) is 11.9. The molecule has 1 aromatic rings. The van der Waals surface area contributed by atoms with Crippen molar-refractivity contribution >= 4 is 41.5 Å². The largest absolute Gasteiger partial charge is 0.357 e. The van der Waals surface area contributed by atoms with Crippen molar-refractivity contribution in [3.63, 3.8) is 0 Å². The standard InChI is InChI=1S/C18H29ClN4.HI/c1-3-20-18(22-14-16-9-12-23(2)13-10-16)21-11-8-15-4-6-17(19)7-5-15;/h4-7,16H,3,8-14H2,1-2H3,(H2,20,21,22);1H. The predicted molar refractivity (Wildman–Crippen MR) is 115 cm³/mol. The zero-order valence-corrected chi connectivity index (χ0v) is 17.8. The van der Waals surface area contributed by atoms with E-state index in [9.17, 15) is 0 Å². The molecule has 1 heterocycles. The molecular formula is C18H30ClIN4. The quantitative estimate of drug-likeness (QED) is 0.385. The van der Waals surface area contributed by atoms with E-state index in [0.717, 1.165) is 43.0 Å². The second-order valence-corrected chi connectivity index (χ2v) is 6.71. The van der Waals surface area contributed by atoms with E-state index in [-0.39, 0.29) is 24.0 Å². The molecule has 136 valence electrons. The number of halogens is 2. The number of benzene rings is 1. The van der Waals surface area contributed by atoms with Crippen molar-refractivity contribution in [2.45, 2.75) is 26.2 Å². The fourth-order valence-corrected chi connectivity index (χ4v) is 2.91. The Morgan fingerprint density at radius 1 is 1.21 bits per heavy atom. The van der Waals surface area contributed by atoms with Gasteiger partial charge in [-0.25, -0.2) is 0 Å². The van der Waals surface area contributed by atoms with Crippen LogP contribution in [0, 0.1) is 5.92 Å². The fraction of sp³-hybridized carbons (Fsp3) is 0.611. The molecule has 6 heteroatoms. The van der Waals surface area contributed by atoms with Crippen LogP contribution in [-0.2, 0) is 6.42 Å². The Morgan fingerprint density at radius 2 is 1.88 bits per heavy atom. The van der Waals surface area contributed by atoms with Crippen molar-refractivity contribution in [1.29, 1.82) is 0 Å². The second-order valence-electron chi connectivity index (χ2n) is 6.27. The summed E-state index contributed by atoms with van der Waals surface area (Å²) in [4.78, 5) is 7.16. The van der Waals surface area contributed by atoms with Gasteiger partial charge in [0, 0.05) is 24.7 Å². The smallest absolute Gasteiger partial charge is 0.191 e. The molecule has 1 aliphatic heterocycles. The number of piperidine rings is 1. The van der Waals surface area contributed by atoms with Gasteiger partial charge in [0.2, 0.25) is 0 Å². The summed E-state index contributed by atoms with van der Waals surface area (Å²) in [5.74, 6) is 1.65. The van der Waals surface area contributed by atoms with Crippen molar-refractivity contribution in [2.75, 3.05) is 39.8 Å². The van der Waals surface area contributed by atoms with Crippen LogP contribution in [0.25, 0.3) is 0 Å². The van der Waals surface area contributed by atoms with Gasteiger partial charge in [0.05, 0.1) is 0 Å². The average molecular weight is 465 g/mol. The van der Waals surface area contributed by atoms with Crippen molar-refractivity contribution in [2.24, 2.45) is 10.9 Å². The van der Waals surface area contributed by atoms with Crippen LogP contribution in [0.15, 0.2) is 29.3 Å². The molecule has 0 amide bonds. The van der Waals surface area contributed by atoms with Gasteiger partial charge in [0.25, 0.3) is 0 Å². The van der Waals surface area contributed by atoms with Gasteiger partial charge in [-0.1, -0.05) is 23.7 Å². The van der Waals surface area contributed by atoms with Gasteiger partial charge < -0.3 is 15.5 Å². The van der Waals surface area contributed by atoms with Gasteiger partial charge in [-0.2, -0.15) is 0 Å². The zero-order chi connectivity index (χ0) is 16.5. The van der Waals surface area contributed by atoms with E-state index in [1.165, 1.54) is 31.5 Å². The molecule has 2 N–H and O–H groups in total. The summed E-state index contributed by atoms with van der Waals surface area (Å²) in [5, 5.41) is 7.55. The van der Waals surface area contributed by atoms with Gasteiger partial charge in [0.1, 0.15) is 0 Å². The van der Waals surface area contributed by atoms with Crippen molar-refractivity contribution in [1.82, 2.24) is 15.5 Å². The van der Waals surface area contributed by atoms with E-state index in [1.54, 1.807) is 0 Å². The Labute approximate surface area is 168 Å². The van der Waals surface area contributed by atoms with Crippen LogP contribution in [0.1, 0.15) is 25.3 Å². The first-order valence-corrected chi connectivity index (χ1v) is 9.00. The third kappa shape index (κ3) is 8.03. The van der Waals surface area contributed by atoms with Crippen LogP contribution < -0.4 is 10.6 Å². The molecule has 1 fully saturated rings. The molecule has 2 rings (SSSR count). The molecule has 1 aliphatic rings. The molecule has 0 unspecified atom stereocenters. The highest BCUT2D eigenvalue weighted by atomic mass is 127. The van der Waals surface area contributed by atoms with Crippen molar-refractivity contribution < 1.29 is 0 Å². The first-order chi connectivity index (χ1) is 11.2. The Morgan fingerprint density at radius 3 is 2.50 bits per heavy atom. The van der Waals surface area contributed by atoms with Crippen molar-refractivity contribution in [3.8, 4) is 0 Å². The average Bonchev–Trinajstić information content (AvgIpc) is 2.56. The molecule has 0 saturated carbocycles. The van der Waals surface area contributed by atoms with E-state index in [1.807, 2.05) is 12.1 Å². The zero-order valence-electron chi connectivity index (χ0n) is 14.7. The summed E-state index contributed by atoms with van der Waals surface area (Å²) in [7, 11) is 2.20. The first-order valence-electron chi connectivity index (χ1n) is 8.62. The lowest BCUT2D eigenvalue weighted by molar-refractivity contribution is 0.223. The predicted octanol–water partition coefficient (Wildman–Crippen LogP) is 3.40. The third-order valence-corrected chi connectivity index (χ3v) is 4.56. The third-order valence-electron chi connectivity index (χ3n) is 4.31. The highest BCUT2D eigenvalue weighted by molar-refractivity contribution is 14.0. The fourth-order valence-electron chi connectivity index (χ4n) is 2.78. The highest BCUT2D eigenvalue weighted by Crippen LogP contribution is 2.15. The molecule has 0 aromatic heterocycles. The summed E-state index contributed by atoms with van der Waals surface area (Å²) in [6.45, 7) is 7.18. The SMILES string of the molecule is CCNC(=NCC1CCN(C)CC1)NCCc1ccc(Cl)cc1.I. The number of nitrogens with zero attached hydrogens (tertiary/aromatic N) is 2. The number of guanidine groups is 1. The minimum atomic E-state index is 0. The van der Waals surface area contributed by atoms with E-state index >= 15 is 0 Å². The summed E-state index contributed by atoms with van der Waals surface area (Å²) < 4.78 is 0. The maximum Gasteiger partial charge on any atom is 0.191 e. The van der Waals surface area contributed by atoms with E-state index in [4.69, 9.17) is 16.6 Å². The Hall–Kier alpha value is -0.530. The van der Waals surface area contributed by atoms with Crippen LogP contribution in [0.2, 0.25) is 5.02 Å². The molecule has 0 bridgehead atoms. The monoisotopic (exact) mass is 464 g/mol. The number of hydrogen-bond donors (Lipinski definition) is 2. The first kappa shape index (κ1) is 21.5. The van der Waals surface area contributed by atoms with Crippen LogP contribution in [0.4, 0.5) is 0 Å². The number of hydrogen-bond acceptors (Lipinski definition) is 2. The normalized spacial score (nSPS) is 16.5. The van der Waals surface area contributed by atoms with E-state index in [0.29, 0.717) is 0 Å². The van der Waals surface area contributed by atoms with E-state index in [2.05, 4.69) is 41.6 Å². The Kier molecular flexibility index (Phi) is 10.7. The molecule has 4 nitrogen and oxygen atoms in total. The number of aliphatic imine (C=N–C) groups is 1. The maximum atomic E-state index is 5.91. The molecule has 0 aliphatic carbocycles. The number of likely N-dealkylation sites (tertiary alicyclic amines) is 1. The lowest BCUT2D eigenvalue weighted by atomic mass is 9.97. The Balaban J connectivity index is 0.00000288. The van der Waals surface area contributed by atoms with Gasteiger partial charge in [-0.05, 0) is 69.9 Å². The molecule has 1 saturated heterocycles. The van der Waals surface area contributed by atoms with Crippen LogP contribution in [-0.4, -0.2) is 50.6 Å². The van der Waals surface area contributed by atoms with Gasteiger partial charge in [-0.15, -0.1) is 24.0 Å². The topological polar surface area (TPSA) is 39.7 Å². The minimum absolute atomic E-state index is 0. The number of rotatable bonds is 6. The summed E-state index contributed by atoms with van der Waals surface area (Å²) in [6.07, 6.45) is 3.48. The van der Waals surface area contributed by atoms with Gasteiger partial charge in [-0.3, -0.25) is 4.99 Å². The molecule has 0 radical (unpaired) electrons. The maximum absolute atomic E-state index is 5.91. The molecule has 0 spiro atoms. The molecular weight excluding hydrogens is 435 g/mol. The number of nitrogens with one attached hydrogen (secondary N) is 2.